The van der Waals surface area contributed by atoms with Crippen molar-refractivity contribution >= 4 is 5.91 Å². The second-order valence-electron chi connectivity index (χ2n) is 3.97. The van der Waals surface area contributed by atoms with Crippen LogP contribution in [0.2, 0.25) is 0 Å². The van der Waals surface area contributed by atoms with Gasteiger partial charge in [0.15, 0.2) is 0 Å². The van der Waals surface area contributed by atoms with Crippen LogP contribution in [-0.2, 0) is 19.0 Å². The summed E-state index contributed by atoms with van der Waals surface area (Å²) in [4.78, 5) is 11.5. The van der Waals surface area contributed by atoms with Gasteiger partial charge in [-0.1, -0.05) is 0 Å². The second kappa shape index (κ2) is 6.15. The first-order chi connectivity index (χ1) is 7.63. The zero-order valence-corrected chi connectivity index (χ0v) is 9.82. The molecule has 16 heavy (non-hydrogen) atoms. The zero-order chi connectivity index (χ0) is 12.0. The number of hydrogen-bond donors (Lipinski definition) is 2. The Bertz CT molecular complexity index is 229. The fourth-order valence-electron chi connectivity index (χ4n) is 1.60. The molecule has 1 amide bonds. The predicted octanol–water partition coefficient (Wildman–Crippen LogP) is -1.12. The van der Waals surface area contributed by atoms with Gasteiger partial charge >= 0.3 is 0 Å². The molecule has 0 aromatic rings. The molecule has 1 aliphatic heterocycles. The Labute approximate surface area is 95.4 Å². The maximum Gasteiger partial charge on any atom is 0.239 e. The van der Waals surface area contributed by atoms with Gasteiger partial charge < -0.3 is 25.3 Å². The van der Waals surface area contributed by atoms with E-state index in [9.17, 15) is 4.79 Å². The standard InChI is InChI=1S/C10H20N2O4/c1-14-5-8(11)9(13)12-6-10(15-2)3-4-16-7-10/h8H,3-7,11H2,1-2H3,(H,12,13). The van der Waals surface area contributed by atoms with Crippen LogP contribution in [0, 0.1) is 0 Å². The summed E-state index contributed by atoms with van der Waals surface area (Å²) in [5.41, 5.74) is 5.19. The Morgan fingerprint density at radius 2 is 2.38 bits per heavy atom. The highest BCUT2D eigenvalue weighted by molar-refractivity contribution is 5.81. The number of carbonyl (C=O) groups is 1. The molecule has 6 nitrogen and oxygen atoms in total. The number of rotatable bonds is 6. The molecule has 3 N–H and O–H groups in total. The van der Waals surface area contributed by atoms with E-state index in [-0.39, 0.29) is 12.5 Å². The molecule has 0 spiro atoms. The first kappa shape index (κ1) is 13.4. The zero-order valence-electron chi connectivity index (χ0n) is 9.82. The van der Waals surface area contributed by atoms with Gasteiger partial charge in [-0.15, -0.1) is 0 Å². The highest BCUT2D eigenvalue weighted by Gasteiger charge is 2.35. The lowest BCUT2D eigenvalue weighted by Gasteiger charge is -2.26. The maximum absolute atomic E-state index is 11.5. The molecule has 0 bridgehead atoms. The summed E-state index contributed by atoms with van der Waals surface area (Å²) in [6.07, 6.45) is 0.781. The molecule has 0 saturated carbocycles. The molecule has 6 heteroatoms. The Kier molecular flexibility index (Phi) is 5.14. The van der Waals surface area contributed by atoms with Gasteiger partial charge in [-0.25, -0.2) is 0 Å². The van der Waals surface area contributed by atoms with Gasteiger partial charge in [0.25, 0.3) is 0 Å². The summed E-state index contributed by atoms with van der Waals surface area (Å²) >= 11 is 0. The van der Waals surface area contributed by atoms with Gasteiger partial charge in [-0.2, -0.15) is 0 Å². The van der Waals surface area contributed by atoms with E-state index in [0.29, 0.717) is 19.8 Å². The summed E-state index contributed by atoms with van der Waals surface area (Å²) in [5.74, 6) is -0.231. The largest absolute Gasteiger partial charge is 0.383 e. The quantitative estimate of drug-likeness (QED) is 0.606. The van der Waals surface area contributed by atoms with E-state index in [1.165, 1.54) is 7.11 Å². The van der Waals surface area contributed by atoms with Gasteiger partial charge in [0, 0.05) is 33.8 Å². The van der Waals surface area contributed by atoms with Crippen molar-refractivity contribution in [3.8, 4) is 0 Å². The van der Waals surface area contributed by atoms with E-state index >= 15 is 0 Å². The van der Waals surface area contributed by atoms with E-state index < -0.39 is 11.6 Å². The van der Waals surface area contributed by atoms with E-state index in [1.54, 1.807) is 7.11 Å². The van der Waals surface area contributed by atoms with Crippen LogP contribution >= 0.6 is 0 Å². The minimum Gasteiger partial charge on any atom is -0.383 e. The molecule has 0 aliphatic carbocycles. The molecule has 1 saturated heterocycles. The lowest BCUT2D eigenvalue weighted by molar-refractivity contribution is -0.125. The van der Waals surface area contributed by atoms with Crippen molar-refractivity contribution in [3.63, 3.8) is 0 Å². The summed E-state index contributed by atoms with van der Waals surface area (Å²) < 4.78 is 15.4. The van der Waals surface area contributed by atoms with Gasteiger partial charge in [0.05, 0.1) is 13.2 Å². The van der Waals surface area contributed by atoms with Gasteiger partial charge in [0.1, 0.15) is 11.6 Å². The third-order valence-corrected chi connectivity index (χ3v) is 2.77. The van der Waals surface area contributed by atoms with Crippen LogP contribution in [0.25, 0.3) is 0 Å². The van der Waals surface area contributed by atoms with Crippen molar-refractivity contribution in [1.82, 2.24) is 5.32 Å². The van der Waals surface area contributed by atoms with Crippen LogP contribution in [0.15, 0.2) is 0 Å². The smallest absolute Gasteiger partial charge is 0.239 e. The number of hydrogen-bond acceptors (Lipinski definition) is 5. The van der Waals surface area contributed by atoms with Crippen LogP contribution in [-0.4, -0.2) is 58.1 Å². The predicted molar refractivity (Wildman–Crippen MR) is 58.0 cm³/mol. The second-order valence-corrected chi connectivity index (χ2v) is 3.97. The highest BCUT2D eigenvalue weighted by Crippen LogP contribution is 2.21. The molecule has 94 valence electrons. The molecule has 0 radical (unpaired) electrons. The van der Waals surface area contributed by atoms with Crippen molar-refractivity contribution in [1.29, 1.82) is 0 Å². The lowest BCUT2D eigenvalue weighted by Crippen LogP contribution is -2.50. The average molecular weight is 232 g/mol. The van der Waals surface area contributed by atoms with Gasteiger partial charge in [-0.05, 0) is 0 Å². The molecule has 0 aromatic carbocycles. The number of amides is 1. The minimum atomic E-state index is -0.638. The number of methoxy groups -OCH3 is 2. The van der Waals surface area contributed by atoms with Crippen molar-refractivity contribution in [2.75, 3.05) is 40.6 Å². The topological polar surface area (TPSA) is 82.8 Å². The SMILES string of the molecule is COCC(N)C(=O)NCC1(OC)CCOC1. The number of ether oxygens (including phenoxy) is 3. The summed E-state index contributed by atoms with van der Waals surface area (Å²) in [6.45, 7) is 1.79. The molecular weight excluding hydrogens is 212 g/mol. The van der Waals surface area contributed by atoms with E-state index in [1.807, 2.05) is 0 Å². The van der Waals surface area contributed by atoms with Crippen molar-refractivity contribution in [2.45, 2.75) is 18.1 Å². The van der Waals surface area contributed by atoms with Crippen LogP contribution in [0.3, 0.4) is 0 Å². The highest BCUT2D eigenvalue weighted by atomic mass is 16.5. The third kappa shape index (κ3) is 3.41. The van der Waals surface area contributed by atoms with E-state index in [4.69, 9.17) is 19.9 Å². The maximum atomic E-state index is 11.5. The third-order valence-electron chi connectivity index (χ3n) is 2.77. The van der Waals surface area contributed by atoms with Crippen molar-refractivity contribution < 1.29 is 19.0 Å². The summed E-state index contributed by atoms with van der Waals surface area (Å²) in [7, 11) is 3.13. The molecule has 1 fully saturated rings. The first-order valence-electron chi connectivity index (χ1n) is 5.29. The van der Waals surface area contributed by atoms with Gasteiger partial charge in [-0.3, -0.25) is 4.79 Å². The summed E-state index contributed by atoms with van der Waals surface area (Å²) in [6, 6.07) is -0.638. The lowest BCUT2D eigenvalue weighted by atomic mass is 10.0. The van der Waals surface area contributed by atoms with Crippen LogP contribution in [0.5, 0.6) is 0 Å². The Balaban J connectivity index is 2.35. The summed E-state index contributed by atoms with van der Waals surface area (Å²) in [5, 5.41) is 2.75. The Hall–Kier alpha value is -0.690. The fourth-order valence-corrected chi connectivity index (χ4v) is 1.60. The Morgan fingerprint density at radius 1 is 1.62 bits per heavy atom. The van der Waals surface area contributed by atoms with Crippen molar-refractivity contribution in [2.24, 2.45) is 5.73 Å². The fraction of sp³-hybridized carbons (Fsp3) is 0.900. The Morgan fingerprint density at radius 3 is 2.88 bits per heavy atom. The van der Waals surface area contributed by atoms with Crippen LogP contribution in [0.1, 0.15) is 6.42 Å². The molecular formula is C10H20N2O4. The number of nitrogens with two attached hydrogens (primary N) is 1. The van der Waals surface area contributed by atoms with Crippen molar-refractivity contribution in [3.05, 3.63) is 0 Å². The molecule has 1 heterocycles. The first-order valence-corrected chi connectivity index (χ1v) is 5.29. The molecule has 0 aromatic heterocycles. The number of nitrogens with one attached hydrogen (secondary N) is 1. The molecule has 2 atom stereocenters. The normalized spacial score (nSPS) is 26.7. The van der Waals surface area contributed by atoms with Crippen LogP contribution in [0.4, 0.5) is 0 Å². The monoisotopic (exact) mass is 232 g/mol. The number of carbonyl (C=O) groups excluding carboxylic acids is 1. The molecule has 1 aliphatic rings. The molecule has 2 unspecified atom stereocenters. The average Bonchev–Trinajstić information content (AvgIpc) is 2.75. The minimum absolute atomic E-state index is 0.211. The van der Waals surface area contributed by atoms with E-state index in [2.05, 4.69) is 5.32 Å². The van der Waals surface area contributed by atoms with E-state index in [0.717, 1.165) is 6.42 Å². The van der Waals surface area contributed by atoms with Gasteiger partial charge in [0.2, 0.25) is 5.91 Å². The molecule has 1 rings (SSSR count). The van der Waals surface area contributed by atoms with Crippen LogP contribution < -0.4 is 11.1 Å².